The van der Waals surface area contributed by atoms with Gasteiger partial charge in [0.25, 0.3) is 0 Å². The van der Waals surface area contributed by atoms with Crippen molar-refractivity contribution in [2.45, 2.75) is 11.8 Å². The minimum atomic E-state index is -3.50. The van der Waals surface area contributed by atoms with Crippen LogP contribution in [0.3, 0.4) is 0 Å². The normalized spacial score (nSPS) is 16.2. The fourth-order valence-corrected chi connectivity index (χ4v) is 4.83. The molecule has 0 amide bonds. The Morgan fingerprint density at radius 2 is 1.63 bits per heavy atom. The zero-order valence-electron chi connectivity index (χ0n) is 15.6. The lowest BCUT2D eigenvalue weighted by Crippen LogP contribution is -2.49. The van der Waals surface area contributed by atoms with Gasteiger partial charge in [0.05, 0.1) is 18.6 Å². The molecule has 27 heavy (non-hydrogen) atoms. The van der Waals surface area contributed by atoms with E-state index in [9.17, 15) is 13.2 Å². The summed E-state index contributed by atoms with van der Waals surface area (Å²) in [7, 11) is -1.91. The molecule has 1 aliphatic rings. The standard InChI is InChI=1S/C20H24N2O4S/c1-16-5-3-4-6-20(16)27(24,25)22-13-11-21(12-14-22)15-19(23)17-7-9-18(26-2)10-8-17/h3-10H,11-15H2,1-2H3. The van der Waals surface area contributed by atoms with Gasteiger partial charge in [0, 0.05) is 31.7 Å². The molecule has 3 rings (SSSR count). The second-order valence-corrected chi connectivity index (χ2v) is 8.50. The largest absolute Gasteiger partial charge is 0.497 e. The second kappa shape index (κ2) is 8.21. The number of rotatable bonds is 6. The Hall–Kier alpha value is -2.22. The van der Waals surface area contributed by atoms with Gasteiger partial charge in [0.1, 0.15) is 5.75 Å². The Kier molecular flexibility index (Phi) is 5.94. The highest BCUT2D eigenvalue weighted by Crippen LogP contribution is 2.21. The number of ketones is 1. The maximum atomic E-state index is 12.8. The van der Waals surface area contributed by atoms with E-state index in [1.54, 1.807) is 56.5 Å². The summed E-state index contributed by atoms with van der Waals surface area (Å²) in [6.45, 7) is 3.92. The van der Waals surface area contributed by atoms with Crippen LogP contribution in [-0.4, -0.2) is 63.2 Å². The summed E-state index contributed by atoms with van der Waals surface area (Å²) < 4.78 is 32.3. The summed E-state index contributed by atoms with van der Waals surface area (Å²) in [6, 6.07) is 14.0. The third kappa shape index (κ3) is 4.37. The van der Waals surface area contributed by atoms with Gasteiger partial charge in [-0.3, -0.25) is 9.69 Å². The van der Waals surface area contributed by atoms with Crippen LogP contribution in [0.15, 0.2) is 53.4 Å². The molecule has 0 radical (unpaired) electrons. The number of carbonyl (C=O) groups is 1. The van der Waals surface area contributed by atoms with Crippen molar-refractivity contribution in [2.24, 2.45) is 0 Å². The summed E-state index contributed by atoms with van der Waals surface area (Å²) in [5, 5.41) is 0. The summed E-state index contributed by atoms with van der Waals surface area (Å²) in [6.07, 6.45) is 0. The summed E-state index contributed by atoms with van der Waals surface area (Å²) in [4.78, 5) is 14.8. The Bertz CT molecular complexity index is 902. The number of nitrogens with zero attached hydrogens (tertiary/aromatic N) is 2. The van der Waals surface area contributed by atoms with Crippen molar-refractivity contribution in [3.63, 3.8) is 0 Å². The fraction of sp³-hybridized carbons (Fsp3) is 0.350. The lowest BCUT2D eigenvalue weighted by Gasteiger charge is -2.33. The van der Waals surface area contributed by atoms with Gasteiger partial charge in [-0.2, -0.15) is 4.31 Å². The number of sulfonamides is 1. The van der Waals surface area contributed by atoms with Crippen LogP contribution in [0, 0.1) is 6.92 Å². The molecule has 0 spiro atoms. The summed E-state index contributed by atoms with van der Waals surface area (Å²) in [5.41, 5.74) is 1.38. The molecule has 0 N–H and O–H groups in total. The van der Waals surface area contributed by atoms with Crippen molar-refractivity contribution in [3.05, 3.63) is 59.7 Å². The van der Waals surface area contributed by atoms with Crippen LogP contribution < -0.4 is 4.74 Å². The minimum Gasteiger partial charge on any atom is -0.497 e. The van der Waals surface area contributed by atoms with Crippen LogP contribution in [0.25, 0.3) is 0 Å². The Balaban J connectivity index is 1.60. The molecule has 1 heterocycles. The molecule has 144 valence electrons. The lowest BCUT2D eigenvalue weighted by molar-refractivity contribution is 0.0901. The molecule has 1 saturated heterocycles. The predicted molar refractivity (Wildman–Crippen MR) is 104 cm³/mol. The topological polar surface area (TPSA) is 66.9 Å². The first-order chi connectivity index (χ1) is 12.9. The molecule has 0 saturated carbocycles. The quantitative estimate of drug-likeness (QED) is 0.710. The summed E-state index contributed by atoms with van der Waals surface area (Å²) in [5.74, 6) is 0.731. The first kappa shape index (κ1) is 19.5. The van der Waals surface area contributed by atoms with E-state index in [4.69, 9.17) is 4.74 Å². The Morgan fingerprint density at radius 1 is 1.00 bits per heavy atom. The van der Waals surface area contributed by atoms with Gasteiger partial charge in [0.2, 0.25) is 10.0 Å². The van der Waals surface area contributed by atoms with Gasteiger partial charge in [0.15, 0.2) is 5.78 Å². The maximum Gasteiger partial charge on any atom is 0.243 e. The zero-order valence-corrected chi connectivity index (χ0v) is 16.4. The van der Waals surface area contributed by atoms with Crippen LogP contribution in [-0.2, 0) is 10.0 Å². The Labute approximate surface area is 160 Å². The van der Waals surface area contributed by atoms with Crippen molar-refractivity contribution in [2.75, 3.05) is 39.8 Å². The number of hydrogen-bond acceptors (Lipinski definition) is 5. The van der Waals surface area contributed by atoms with Crippen LogP contribution in [0.5, 0.6) is 5.75 Å². The van der Waals surface area contributed by atoms with Gasteiger partial charge in [-0.25, -0.2) is 8.42 Å². The number of ether oxygens (including phenoxy) is 1. The first-order valence-corrected chi connectivity index (χ1v) is 10.3. The van der Waals surface area contributed by atoms with E-state index in [2.05, 4.69) is 0 Å². The molecule has 0 aromatic heterocycles. The number of Topliss-reactive ketones (excluding diaryl/α,β-unsaturated/α-hetero) is 1. The van der Waals surface area contributed by atoms with Crippen molar-refractivity contribution < 1.29 is 17.9 Å². The van der Waals surface area contributed by atoms with E-state index in [1.165, 1.54) is 4.31 Å². The van der Waals surface area contributed by atoms with Crippen LogP contribution in [0.2, 0.25) is 0 Å². The number of benzene rings is 2. The highest BCUT2D eigenvalue weighted by molar-refractivity contribution is 7.89. The third-order valence-electron chi connectivity index (χ3n) is 4.82. The maximum absolute atomic E-state index is 12.8. The molecular formula is C20H24N2O4S. The fourth-order valence-electron chi connectivity index (χ4n) is 3.18. The van der Waals surface area contributed by atoms with Gasteiger partial charge >= 0.3 is 0 Å². The third-order valence-corrected chi connectivity index (χ3v) is 6.88. The highest BCUT2D eigenvalue weighted by atomic mass is 32.2. The zero-order chi connectivity index (χ0) is 19.4. The van der Waals surface area contributed by atoms with Crippen molar-refractivity contribution in [1.82, 2.24) is 9.21 Å². The smallest absolute Gasteiger partial charge is 0.243 e. The number of piperazine rings is 1. The molecular weight excluding hydrogens is 364 g/mol. The first-order valence-electron chi connectivity index (χ1n) is 8.87. The molecule has 0 aliphatic carbocycles. The molecule has 0 bridgehead atoms. The highest BCUT2D eigenvalue weighted by Gasteiger charge is 2.29. The Morgan fingerprint density at radius 3 is 2.22 bits per heavy atom. The van der Waals surface area contributed by atoms with E-state index in [-0.39, 0.29) is 12.3 Å². The molecule has 0 unspecified atom stereocenters. The minimum absolute atomic E-state index is 0.0212. The predicted octanol–water partition coefficient (Wildman–Crippen LogP) is 2.19. The number of aryl methyl sites for hydroxylation is 1. The molecule has 0 atom stereocenters. The van der Waals surface area contributed by atoms with Crippen LogP contribution >= 0.6 is 0 Å². The van der Waals surface area contributed by atoms with E-state index in [0.717, 1.165) is 5.56 Å². The molecule has 2 aromatic carbocycles. The van der Waals surface area contributed by atoms with Crippen LogP contribution in [0.4, 0.5) is 0 Å². The molecule has 2 aromatic rings. The van der Waals surface area contributed by atoms with Crippen LogP contribution in [0.1, 0.15) is 15.9 Å². The van der Waals surface area contributed by atoms with E-state index >= 15 is 0 Å². The van der Waals surface area contributed by atoms with Crippen molar-refractivity contribution >= 4 is 15.8 Å². The van der Waals surface area contributed by atoms with E-state index in [0.29, 0.717) is 42.4 Å². The number of methoxy groups -OCH3 is 1. The second-order valence-electron chi connectivity index (χ2n) is 6.60. The lowest BCUT2D eigenvalue weighted by atomic mass is 10.1. The number of carbonyl (C=O) groups excluding carboxylic acids is 1. The average molecular weight is 388 g/mol. The van der Waals surface area contributed by atoms with Crippen molar-refractivity contribution in [3.8, 4) is 5.75 Å². The molecule has 7 heteroatoms. The van der Waals surface area contributed by atoms with Gasteiger partial charge in [-0.05, 0) is 42.8 Å². The van der Waals surface area contributed by atoms with E-state index in [1.807, 2.05) is 11.0 Å². The summed E-state index contributed by atoms with van der Waals surface area (Å²) >= 11 is 0. The van der Waals surface area contributed by atoms with Gasteiger partial charge in [-0.15, -0.1) is 0 Å². The average Bonchev–Trinajstić information content (AvgIpc) is 2.68. The molecule has 1 aliphatic heterocycles. The molecule has 6 nitrogen and oxygen atoms in total. The number of hydrogen-bond donors (Lipinski definition) is 0. The molecule has 1 fully saturated rings. The van der Waals surface area contributed by atoms with Gasteiger partial charge < -0.3 is 4.74 Å². The monoisotopic (exact) mass is 388 g/mol. The van der Waals surface area contributed by atoms with Crippen molar-refractivity contribution in [1.29, 1.82) is 0 Å². The van der Waals surface area contributed by atoms with Gasteiger partial charge in [-0.1, -0.05) is 18.2 Å². The van der Waals surface area contributed by atoms with E-state index < -0.39 is 10.0 Å². The SMILES string of the molecule is COc1ccc(C(=O)CN2CCN(S(=O)(=O)c3ccccc3C)CC2)cc1.